The topological polar surface area (TPSA) is 49.7 Å². The van der Waals surface area contributed by atoms with Gasteiger partial charge in [0.25, 0.3) is 8.32 Å². The third-order valence-electron chi connectivity index (χ3n) is 7.64. The van der Waals surface area contributed by atoms with Crippen LogP contribution in [0, 0.1) is 5.92 Å². The van der Waals surface area contributed by atoms with Crippen LogP contribution in [0.15, 0.2) is 84.9 Å². The maximum absolute atomic E-state index is 12.4. The second kappa shape index (κ2) is 8.85. The minimum Gasteiger partial charge on any atom is -0.496 e. The van der Waals surface area contributed by atoms with Crippen molar-refractivity contribution in [3.63, 3.8) is 0 Å². The van der Waals surface area contributed by atoms with E-state index in [2.05, 4.69) is 44.2 Å². The van der Waals surface area contributed by atoms with Crippen molar-refractivity contribution in [3.8, 4) is 5.75 Å². The zero-order valence-electron chi connectivity index (χ0n) is 19.3. The summed E-state index contributed by atoms with van der Waals surface area (Å²) in [4.78, 5) is 12.4. The first-order valence-electron chi connectivity index (χ1n) is 11.5. The van der Waals surface area contributed by atoms with Gasteiger partial charge < -0.3 is 14.6 Å². The van der Waals surface area contributed by atoms with Gasteiger partial charge in [-0.05, 0) is 46.7 Å². The van der Waals surface area contributed by atoms with Crippen molar-refractivity contribution in [2.24, 2.45) is 5.92 Å². The fourth-order valence-electron chi connectivity index (χ4n) is 5.45. The number of benzene rings is 3. The Balaban J connectivity index is 1.61. The highest BCUT2D eigenvalue weighted by molar-refractivity contribution is 6.98. The minimum atomic E-state index is -3.01. The number of methoxy groups -OCH3 is 1. The molecule has 1 aliphatic rings. The van der Waals surface area contributed by atoms with Crippen molar-refractivity contribution >= 4 is 18.7 Å². The molecule has 0 bridgehead atoms. The Hall–Kier alpha value is -2.40. The molecule has 0 heterocycles. The first-order valence-corrected chi connectivity index (χ1v) is 13.4. The summed E-state index contributed by atoms with van der Waals surface area (Å²) in [5.74, 6) is 1.23. The van der Waals surface area contributed by atoms with Gasteiger partial charge in [-0.15, -0.1) is 0 Å². The summed E-state index contributed by atoms with van der Waals surface area (Å²) in [6.07, 6.45) is 2.80. The van der Waals surface area contributed by atoms with Crippen LogP contribution in [0.5, 0.6) is 5.75 Å². The van der Waals surface area contributed by atoms with Crippen LogP contribution in [-0.2, 0) is 5.41 Å². The van der Waals surface area contributed by atoms with Gasteiger partial charge in [0.1, 0.15) is 5.75 Å². The molecule has 0 amide bonds. The molecule has 0 spiro atoms. The number of ether oxygens (including phenoxy) is 1. The summed E-state index contributed by atoms with van der Waals surface area (Å²) in [5.41, 5.74) is 0.869. The van der Waals surface area contributed by atoms with Crippen LogP contribution in [-0.4, -0.2) is 31.9 Å². The zero-order valence-corrected chi connectivity index (χ0v) is 20.3. The third-order valence-corrected chi connectivity index (χ3v) is 12.2. The van der Waals surface area contributed by atoms with Gasteiger partial charge in [0, 0.05) is 11.0 Å². The van der Waals surface area contributed by atoms with Crippen molar-refractivity contribution in [2.45, 2.75) is 43.6 Å². The summed E-state index contributed by atoms with van der Waals surface area (Å²) in [6, 6.07) is 28.4. The predicted molar refractivity (Wildman–Crippen MR) is 133 cm³/mol. The molecule has 2 unspecified atom stereocenters. The normalized spacial score (nSPS) is 20.7. The van der Waals surface area contributed by atoms with E-state index in [0.717, 1.165) is 40.9 Å². The fraction of sp³-hybridized carbons (Fsp3) is 0.357. The monoisotopic (exact) mass is 446 g/mol. The smallest absolute Gasteiger partial charge is 0.258 e. The van der Waals surface area contributed by atoms with Crippen LogP contribution in [0.25, 0.3) is 0 Å². The van der Waals surface area contributed by atoms with Crippen LogP contribution in [0.3, 0.4) is 0 Å². The largest absolute Gasteiger partial charge is 0.496 e. The Morgan fingerprint density at radius 3 is 1.97 bits per heavy atom. The van der Waals surface area contributed by atoms with E-state index in [4.69, 9.17) is 4.74 Å². The van der Waals surface area contributed by atoms with Crippen molar-refractivity contribution in [3.05, 3.63) is 90.5 Å². The first-order chi connectivity index (χ1) is 15.4. The van der Waals surface area contributed by atoms with Gasteiger partial charge in [-0.3, -0.25) is 0 Å². The van der Waals surface area contributed by atoms with E-state index in [1.54, 1.807) is 7.11 Å². The Morgan fingerprint density at radius 1 is 0.906 bits per heavy atom. The molecule has 3 aromatic rings. The summed E-state index contributed by atoms with van der Waals surface area (Å²) >= 11 is 0. The first kappa shape index (κ1) is 22.8. The van der Waals surface area contributed by atoms with E-state index in [9.17, 15) is 9.90 Å². The lowest BCUT2D eigenvalue weighted by Gasteiger charge is -2.41. The highest BCUT2D eigenvalue weighted by Crippen LogP contribution is 2.59. The Kier molecular flexibility index (Phi) is 6.30. The molecule has 32 heavy (non-hydrogen) atoms. The molecule has 0 aliphatic heterocycles. The number of hydrogen-bond acceptors (Lipinski definition) is 3. The number of rotatable bonds is 9. The predicted octanol–water partition coefficient (Wildman–Crippen LogP) is 4.26. The van der Waals surface area contributed by atoms with Gasteiger partial charge in [-0.2, -0.15) is 0 Å². The van der Waals surface area contributed by atoms with Crippen LogP contribution in [0.1, 0.15) is 38.7 Å². The van der Waals surface area contributed by atoms with Crippen molar-refractivity contribution in [2.75, 3.05) is 13.7 Å². The molecule has 168 valence electrons. The molecule has 0 aromatic heterocycles. The second-order valence-corrected chi connectivity index (χ2v) is 13.7. The Labute approximate surface area is 192 Å². The molecule has 1 saturated carbocycles. The van der Waals surface area contributed by atoms with E-state index in [1.165, 1.54) is 0 Å². The molecular formula is C28H34O3Si. The maximum Gasteiger partial charge on any atom is 0.258 e. The molecule has 1 fully saturated rings. The van der Waals surface area contributed by atoms with Crippen LogP contribution < -0.4 is 15.1 Å². The quantitative estimate of drug-likeness (QED) is 0.483. The lowest BCUT2D eigenvalue weighted by Crippen LogP contribution is -2.65. The molecule has 4 rings (SSSR count). The van der Waals surface area contributed by atoms with Gasteiger partial charge in [0.2, 0.25) is 0 Å². The van der Waals surface area contributed by atoms with Crippen LogP contribution in [0.4, 0.5) is 0 Å². The second-order valence-electron chi connectivity index (χ2n) is 9.78. The minimum absolute atomic E-state index is 0.123. The molecule has 0 radical (unpaired) electrons. The molecule has 4 heteroatoms. The molecule has 0 saturated heterocycles. The van der Waals surface area contributed by atoms with E-state index in [1.807, 2.05) is 54.6 Å². The number of aliphatic hydroxyl groups excluding tert-OH is 1. The van der Waals surface area contributed by atoms with Crippen molar-refractivity contribution in [1.29, 1.82) is 0 Å². The van der Waals surface area contributed by atoms with E-state index in [0.29, 0.717) is 5.92 Å². The van der Waals surface area contributed by atoms with Gasteiger partial charge in [-0.1, -0.05) is 92.7 Å². The fourth-order valence-corrected chi connectivity index (χ4v) is 9.20. The average Bonchev–Trinajstić information content (AvgIpc) is 3.58. The van der Waals surface area contributed by atoms with Gasteiger partial charge >= 0.3 is 0 Å². The molecule has 1 aliphatic carbocycles. The third kappa shape index (κ3) is 3.81. The lowest BCUT2D eigenvalue weighted by molar-refractivity contribution is 0.238. The van der Waals surface area contributed by atoms with Crippen LogP contribution in [0.2, 0.25) is 5.04 Å². The van der Waals surface area contributed by atoms with Crippen LogP contribution >= 0.6 is 0 Å². The Bertz CT molecular complexity index is 995. The number of para-hydroxylation sites is 1. The number of aliphatic hydroxyl groups is 1. The standard InChI is InChI=1S/C28H34O3Si/c1-27(2,32(30,23-12-6-4-7-13-23)24-14-8-5-9-15-24)19-18-22-20-28(22,21-29)25-16-10-11-17-26(25)31-3/h4-17,22,29-30H,18-21H2,1-3H3. The SMILES string of the molecule is COc1ccccc1C1(CO)CC1CCC(C)(C)[Si](O)(c1ccccc1)c1ccccc1. The van der Waals surface area contributed by atoms with E-state index < -0.39 is 8.32 Å². The lowest BCUT2D eigenvalue weighted by atomic mass is 9.90. The highest BCUT2D eigenvalue weighted by atomic mass is 28.4. The molecule has 2 N–H and O–H groups in total. The molecule has 2 atom stereocenters. The summed E-state index contributed by atoms with van der Waals surface area (Å²) in [7, 11) is -1.32. The maximum atomic E-state index is 12.4. The summed E-state index contributed by atoms with van der Waals surface area (Å²) in [6.45, 7) is 4.55. The Morgan fingerprint density at radius 2 is 1.44 bits per heavy atom. The van der Waals surface area contributed by atoms with Crippen molar-refractivity contribution < 1.29 is 14.6 Å². The van der Waals surface area contributed by atoms with Crippen molar-refractivity contribution in [1.82, 2.24) is 0 Å². The van der Waals surface area contributed by atoms with Gasteiger partial charge in [0.15, 0.2) is 0 Å². The number of hydrogen-bond donors (Lipinski definition) is 2. The van der Waals surface area contributed by atoms with Gasteiger partial charge in [0.05, 0.1) is 13.7 Å². The highest BCUT2D eigenvalue weighted by Gasteiger charge is 2.57. The van der Waals surface area contributed by atoms with E-state index >= 15 is 0 Å². The molecule has 3 aromatic carbocycles. The summed E-state index contributed by atoms with van der Waals surface area (Å²) < 4.78 is 5.59. The average molecular weight is 447 g/mol. The van der Waals surface area contributed by atoms with Gasteiger partial charge in [-0.25, -0.2) is 0 Å². The molecule has 3 nitrogen and oxygen atoms in total. The zero-order chi connectivity index (χ0) is 22.8. The molecular weight excluding hydrogens is 412 g/mol. The summed E-state index contributed by atoms with van der Waals surface area (Å²) in [5, 5.41) is 12.2. The van der Waals surface area contributed by atoms with E-state index in [-0.39, 0.29) is 17.1 Å².